The average molecular weight is 666 g/mol. The fourth-order valence-electron chi connectivity index (χ4n) is 3.93. The van der Waals surface area contributed by atoms with Gasteiger partial charge in [0.1, 0.15) is 29.7 Å². The van der Waals surface area contributed by atoms with Crippen molar-refractivity contribution in [2.45, 2.75) is 47.3 Å². The first-order valence-electron chi connectivity index (χ1n) is 14.1. The average Bonchev–Trinajstić information content (AvgIpc) is 3.23. The number of Topliss-reactive ketones (excluding diaryl/α,β-unsaturated/α-hetero) is 1. The van der Waals surface area contributed by atoms with E-state index in [4.69, 9.17) is 32.7 Å². The van der Waals surface area contributed by atoms with Crippen molar-refractivity contribution < 1.29 is 37.7 Å². The molecule has 1 heterocycles. The van der Waals surface area contributed by atoms with Crippen molar-refractivity contribution in [3.05, 3.63) is 105 Å². The fourth-order valence-corrected chi connectivity index (χ4v) is 4.22. The molecule has 2 amide bonds. The number of nitrogens with zero attached hydrogens (tertiary/aromatic N) is 1. The van der Waals surface area contributed by atoms with E-state index in [1.807, 2.05) is 27.7 Å². The number of allylic oxidation sites excluding steroid dienone is 1. The lowest BCUT2D eigenvalue weighted by Crippen LogP contribution is -2.33. The molecule has 0 radical (unpaired) electrons. The number of carbonyl (C=O) groups is 3. The zero-order valence-corrected chi connectivity index (χ0v) is 27.1. The molecule has 0 aromatic heterocycles. The summed E-state index contributed by atoms with van der Waals surface area (Å²) in [5.74, 6) is -1.29. The Morgan fingerprint density at radius 2 is 1.60 bits per heavy atom. The number of hydrogen-bond donors (Lipinski definition) is 2. The molecule has 8 nitrogen and oxygen atoms in total. The van der Waals surface area contributed by atoms with Gasteiger partial charge in [0.25, 0.3) is 11.8 Å². The van der Waals surface area contributed by atoms with E-state index < -0.39 is 18.0 Å². The molecule has 4 rings (SSSR count). The second-order valence-electron chi connectivity index (χ2n) is 9.69. The first-order valence-corrected chi connectivity index (χ1v) is 14.8. The number of ketones is 1. The van der Waals surface area contributed by atoms with Gasteiger partial charge in [-0.3, -0.25) is 14.4 Å². The predicted octanol–water partition coefficient (Wildman–Crippen LogP) is 7.28. The van der Waals surface area contributed by atoms with Crippen LogP contribution in [0.3, 0.4) is 0 Å². The summed E-state index contributed by atoms with van der Waals surface area (Å²) in [6.07, 6.45) is -0.759. The van der Waals surface area contributed by atoms with Crippen LogP contribution in [0.2, 0.25) is 10.0 Å². The molecule has 0 saturated heterocycles. The Kier molecular flexibility index (Phi) is 15.0. The van der Waals surface area contributed by atoms with Gasteiger partial charge in [-0.25, -0.2) is 8.78 Å². The smallest absolute Gasteiger partial charge is 0.262 e. The van der Waals surface area contributed by atoms with Crippen LogP contribution in [0.1, 0.15) is 63.2 Å². The van der Waals surface area contributed by atoms with Crippen LogP contribution in [0.4, 0.5) is 8.78 Å². The Bertz CT molecular complexity index is 1530. The van der Waals surface area contributed by atoms with Crippen LogP contribution in [-0.2, 0) is 9.59 Å². The SMILES string of the molecule is CC.CC(=O)COc1cccc(F)c1.CC(C)=C(CCN1C(=O)c2cc(Cl)ccc2C1O)NC(=O)COc1ccc(Cl)c(F)c1. The molecule has 3 aromatic carbocycles. The van der Waals surface area contributed by atoms with Gasteiger partial charge in [-0.05, 0) is 57.2 Å². The van der Waals surface area contributed by atoms with Crippen LogP contribution in [0, 0.1) is 11.6 Å². The molecule has 1 aliphatic rings. The van der Waals surface area contributed by atoms with Crippen molar-refractivity contribution in [2.75, 3.05) is 19.8 Å². The molecule has 3 aromatic rings. The fraction of sp³-hybridized carbons (Fsp3) is 0.303. The van der Waals surface area contributed by atoms with Crippen LogP contribution in [0.15, 0.2) is 71.9 Å². The van der Waals surface area contributed by atoms with Gasteiger partial charge < -0.3 is 24.8 Å². The Morgan fingerprint density at radius 1 is 0.933 bits per heavy atom. The van der Waals surface area contributed by atoms with E-state index >= 15 is 0 Å². The monoisotopic (exact) mass is 664 g/mol. The lowest BCUT2D eigenvalue weighted by molar-refractivity contribution is -0.122. The maximum Gasteiger partial charge on any atom is 0.262 e. The number of halogens is 4. The molecule has 2 N–H and O–H groups in total. The molecule has 0 saturated carbocycles. The molecule has 1 unspecified atom stereocenters. The van der Waals surface area contributed by atoms with E-state index in [1.165, 1.54) is 48.2 Å². The summed E-state index contributed by atoms with van der Waals surface area (Å²) in [7, 11) is 0. The molecule has 0 fully saturated rings. The summed E-state index contributed by atoms with van der Waals surface area (Å²) in [6, 6.07) is 14.4. The molecule has 45 heavy (non-hydrogen) atoms. The molecular weight excluding hydrogens is 629 g/mol. The van der Waals surface area contributed by atoms with Gasteiger partial charge in [0.2, 0.25) is 0 Å². The van der Waals surface area contributed by atoms with Crippen molar-refractivity contribution in [3.8, 4) is 11.5 Å². The van der Waals surface area contributed by atoms with Crippen molar-refractivity contribution in [3.63, 3.8) is 0 Å². The number of fused-ring (bicyclic) bond motifs is 1. The Labute approximate surface area is 271 Å². The highest BCUT2D eigenvalue weighted by atomic mass is 35.5. The molecule has 242 valence electrons. The summed E-state index contributed by atoms with van der Waals surface area (Å²) in [5.41, 5.74) is 2.31. The maximum absolute atomic E-state index is 13.5. The van der Waals surface area contributed by atoms with Crippen LogP contribution < -0.4 is 14.8 Å². The normalized spacial score (nSPS) is 13.0. The van der Waals surface area contributed by atoms with E-state index in [1.54, 1.807) is 18.2 Å². The summed E-state index contributed by atoms with van der Waals surface area (Å²) >= 11 is 11.6. The highest BCUT2D eigenvalue weighted by molar-refractivity contribution is 6.31. The molecule has 0 spiro atoms. The second kappa shape index (κ2) is 18.1. The maximum atomic E-state index is 13.5. The van der Waals surface area contributed by atoms with Crippen molar-refractivity contribution in [1.82, 2.24) is 10.2 Å². The first-order chi connectivity index (χ1) is 21.3. The van der Waals surface area contributed by atoms with Crippen LogP contribution in [0.25, 0.3) is 0 Å². The third-order valence-corrected chi connectivity index (χ3v) is 6.62. The standard InChI is InChI=1S/C22H21Cl2FN2O4.C9H9FO2.C2H6/c1-12(2)19(26-20(28)11-31-14-4-6-17(24)18(25)10-14)7-8-27-21(29)15-5-3-13(23)9-16(15)22(27)30;1-7(11)6-12-9-4-2-3-8(10)5-9;1-2/h3-6,9-10,21,29H,7-8,11H2,1-2H3,(H,26,28);2-5H,6H2,1H3;1-2H3. The quantitative estimate of drug-likeness (QED) is 0.236. The molecule has 12 heteroatoms. The largest absolute Gasteiger partial charge is 0.486 e. The molecule has 1 aliphatic heterocycles. The minimum atomic E-state index is -1.07. The van der Waals surface area contributed by atoms with Gasteiger partial charge in [-0.1, -0.05) is 54.8 Å². The number of ether oxygens (including phenoxy) is 2. The highest BCUT2D eigenvalue weighted by Crippen LogP contribution is 2.33. The third-order valence-electron chi connectivity index (χ3n) is 6.08. The van der Waals surface area contributed by atoms with Crippen molar-refractivity contribution >= 4 is 40.8 Å². The van der Waals surface area contributed by atoms with Crippen LogP contribution in [0.5, 0.6) is 11.5 Å². The molecule has 1 atom stereocenters. The van der Waals surface area contributed by atoms with Gasteiger partial charge >= 0.3 is 0 Å². The summed E-state index contributed by atoms with van der Waals surface area (Å²) < 4.78 is 36.3. The highest BCUT2D eigenvalue weighted by Gasteiger charge is 2.35. The number of hydrogen-bond acceptors (Lipinski definition) is 6. The van der Waals surface area contributed by atoms with E-state index in [2.05, 4.69) is 5.32 Å². The summed E-state index contributed by atoms with van der Waals surface area (Å²) in [4.78, 5) is 36.7. The first kappa shape index (κ1) is 37.2. The number of carbonyl (C=O) groups excluding carboxylic acids is 3. The molecule has 0 bridgehead atoms. The lowest BCUT2D eigenvalue weighted by atomic mass is 10.1. The summed E-state index contributed by atoms with van der Waals surface area (Å²) in [6.45, 7) is 8.91. The number of amides is 2. The van der Waals surface area contributed by atoms with E-state index in [0.29, 0.717) is 34.0 Å². The number of rotatable bonds is 10. The van der Waals surface area contributed by atoms with Gasteiger partial charge in [-0.15, -0.1) is 0 Å². The number of aliphatic hydroxyl groups is 1. The van der Waals surface area contributed by atoms with Gasteiger partial charge in [0, 0.05) is 46.9 Å². The van der Waals surface area contributed by atoms with Gasteiger partial charge in [-0.2, -0.15) is 0 Å². The Hall–Kier alpha value is -3.99. The number of benzene rings is 3. The molecule has 0 aliphatic carbocycles. The zero-order chi connectivity index (χ0) is 33.7. The van der Waals surface area contributed by atoms with E-state index in [0.717, 1.165) is 11.6 Å². The van der Waals surface area contributed by atoms with Crippen LogP contribution in [-0.4, -0.2) is 47.4 Å². The number of aliphatic hydroxyl groups excluding tert-OH is 1. The lowest BCUT2D eigenvalue weighted by Gasteiger charge is -2.22. The second-order valence-corrected chi connectivity index (χ2v) is 10.5. The third kappa shape index (κ3) is 11.5. The van der Waals surface area contributed by atoms with E-state index in [9.17, 15) is 28.3 Å². The van der Waals surface area contributed by atoms with E-state index in [-0.39, 0.29) is 48.0 Å². The molecular formula is C33H36Cl2F2N2O6. The van der Waals surface area contributed by atoms with Gasteiger partial charge in [0.05, 0.1) is 5.02 Å². The summed E-state index contributed by atoms with van der Waals surface area (Å²) in [5, 5.41) is 13.6. The van der Waals surface area contributed by atoms with Crippen molar-refractivity contribution in [2.24, 2.45) is 0 Å². The Morgan fingerprint density at radius 3 is 2.22 bits per heavy atom. The van der Waals surface area contributed by atoms with Crippen LogP contribution >= 0.6 is 23.2 Å². The van der Waals surface area contributed by atoms with Gasteiger partial charge in [0.15, 0.2) is 18.6 Å². The minimum absolute atomic E-state index is 0.0105. The Balaban J connectivity index is 0.000000421. The zero-order valence-electron chi connectivity index (χ0n) is 25.6. The minimum Gasteiger partial charge on any atom is -0.486 e. The van der Waals surface area contributed by atoms with Crippen molar-refractivity contribution in [1.29, 1.82) is 0 Å². The number of nitrogens with one attached hydrogen (secondary N) is 1. The predicted molar refractivity (Wildman–Crippen MR) is 169 cm³/mol. The topological polar surface area (TPSA) is 105 Å².